The summed E-state index contributed by atoms with van der Waals surface area (Å²) in [6.07, 6.45) is 5.86. The molecule has 2 heterocycles. The van der Waals surface area contributed by atoms with Crippen LogP contribution in [0.5, 0.6) is 0 Å². The molecule has 0 radical (unpaired) electrons. The summed E-state index contributed by atoms with van der Waals surface area (Å²) in [5.41, 5.74) is 1.33. The van der Waals surface area contributed by atoms with E-state index in [4.69, 9.17) is 4.98 Å². The van der Waals surface area contributed by atoms with Gasteiger partial charge >= 0.3 is 0 Å². The highest BCUT2D eigenvalue weighted by molar-refractivity contribution is 9.10. The summed E-state index contributed by atoms with van der Waals surface area (Å²) >= 11 is 3.56. The molecule has 1 saturated heterocycles. The summed E-state index contributed by atoms with van der Waals surface area (Å²) in [4.78, 5) is 7.17. The summed E-state index contributed by atoms with van der Waals surface area (Å²) in [6, 6.07) is 2.96. The number of nitrogens with zero attached hydrogens (tertiary/aromatic N) is 2. The number of nitrogens with one attached hydrogen (secondary N) is 1. The average molecular weight is 338 g/mol. The Balaban J connectivity index is 1.76. The molecule has 1 aliphatic carbocycles. The minimum atomic E-state index is 0.738. The first-order valence-corrected chi connectivity index (χ1v) is 8.55. The fourth-order valence-corrected chi connectivity index (χ4v) is 3.26. The van der Waals surface area contributed by atoms with Crippen LogP contribution in [0, 0.1) is 11.8 Å². The molecule has 110 valence electrons. The van der Waals surface area contributed by atoms with Gasteiger partial charge in [-0.15, -0.1) is 0 Å². The smallest absolute Gasteiger partial charge is 0.133 e. The standard InChI is InChI=1S/C16H24BrN3/c1-11-5-6-20(10-12(11)2)16-13(7-14(17)9-19-16)8-18-15-3-4-15/h7,9,11-12,15,18H,3-6,8,10H2,1-2H3. The molecular formula is C16H24BrN3. The number of hydrogen-bond acceptors (Lipinski definition) is 3. The Labute approximate surface area is 130 Å². The van der Waals surface area contributed by atoms with Crippen LogP contribution in [0.25, 0.3) is 0 Å². The zero-order valence-electron chi connectivity index (χ0n) is 12.4. The lowest BCUT2D eigenvalue weighted by atomic mass is 9.88. The van der Waals surface area contributed by atoms with Gasteiger partial charge in [0.2, 0.25) is 0 Å². The largest absolute Gasteiger partial charge is 0.356 e. The van der Waals surface area contributed by atoms with Crippen LogP contribution in [0.1, 0.15) is 38.7 Å². The highest BCUT2D eigenvalue weighted by atomic mass is 79.9. The molecule has 1 aliphatic heterocycles. The van der Waals surface area contributed by atoms with Gasteiger partial charge in [-0.05, 0) is 53.1 Å². The van der Waals surface area contributed by atoms with E-state index >= 15 is 0 Å². The van der Waals surface area contributed by atoms with Crippen molar-refractivity contribution in [2.75, 3.05) is 18.0 Å². The van der Waals surface area contributed by atoms with Crippen LogP contribution < -0.4 is 10.2 Å². The second kappa shape index (κ2) is 6.02. The van der Waals surface area contributed by atoms with Crippen molar-refractivity contribution in [1.29, 1.82) is 0 Å². The molecule has 0 amide bonds. The van der Waals surface area contributed by atoms with Crippen molar-refractivity contribution in [2.45, 2.75) is 45.7 Å². The van der Waals surface area contributed by atoms with Gasteiger partial charge in [-0.1, -0.05) is 13.8 Å². The zero-order valence-corrected chi connectivity index (χ0v) is 14.0. The predicted molar refractivity (Wildman–Crippen MR) is 87.0 cm³/mol. The van der Waals surface area contributed by atoms with E-state index in [0.29, 0.717) is 0 Å². The molecule has 1 aromatic heterocycles. The van der Waals surface area contributed by atoms with Crippen LogP contribution in [-0.2, 0) is 6.54 Å². The van der Waals surface area contributed by atoms with Crippen molar-refractivity contribution >= 4 is 21.7 Å². The summed E-state index contributed by atoms with van der Waals surface area (Å²) in [7, 11) is 0. The van der Waals surface area contributed by atoms with Crippen LogP contribution in [0.2, 0.25) is 0 Å². The number of pyridine rings is 1. The van der Waals surface area contributed by atoms with Crippen molar-refractivity contribution < 1.29 is 0 Å². The molecule has 1 aromatic rings. The lowest BCUT2D eigenvalue weighted by Gasteiger charge is -2.37. The molecule has 3 nitrogen and oxygen atoms in total. The second-order valence-corrected chi connectivity index (χ2v) is 7.40. The Morgan fingerprint density at radius 1 is 1.30 bits per heavy atom. The highest BCUT2D eigenvalue weighted by Crippen LogP contribution is 2.29. The first kappa shape index (κ1) is 14.3. The lowest BCUT2D eigenvalue weighted by molar-refractivity contribution is 0.322. The lowest BCUT2D eigenvalue weighted by Crippen LogP contribution is -2.39. The van der Waals surface area contributed by atoms with E-state index in [1.54, 1.807) is 0 Å². The summed E-state index contributed by atoms with van der Waals surface area (Å²) in [5, 5.41) is 3.61. The third-order valence-electron chi connectivity index (χ3n) is 4.70. The molecule has 0 bridgehead atoms. The number of halogens is 1. The molecule has 2 aliphatic rings. The van der Waals surface area contributed by atoms with Crippen molar-refractivity contribution in [3.05, 3.63) is 22.3 Å². The van der Waals surface area contributed by atoms with Gasteiger partial charge in [-0.3, -0.25) is 0 Å². The number of anilines is 1. The van der Waals surface area contributed by atoms with Gasteiger partial charge in [0.15, 0.2) is 0 Å². The summed E-state index contributed by atoms with van der Waals surface area (Å²) in [6.45, 7) is 7.93. The minimum absolute atomic E-state index is 0.738. The molecule has 0 spiro atoms. The van der Waals surface area contributed by atoms with Gasteiger partial charge in [-0.25, -0.2) is 4.98 Å². The van der Waals surface area contributed by atoms with Gasteiger partial charge in [0.1, 0.15) is 5.82 Å². The van der Waals surface area contributed by atoms with E-state index in [9.17, 15) is 0 Å². The zero-order chi connectivity index (χ0) is 14.1. The van der Waals surface area contributed by atoms with Crippen molar-refractivity contribution in [3.8, 4) is 0 Å². The normalized spacial score (nSPS) is 26.9. The van der Waals surface area contributed by atoms with Crippen LogP contribution in [0.3, 0.4) is 0 Å². The number of rotatable bonds is 4. The number of hydrogen-bond donors (Lipinski definition) is 1. The average Bonchev–Trinajstić information content (AvgIpc) is 3.24. The Hall–Kier alpha value is -0.610. The van der Waals surface area contributed by atoms with Gasteiger partial charge in [0, 0.05) is 41.9 Å². The molecule has 2 unspecified atom stereocenters. The Kier molecular flexibility index (Phi) is 4.32. The Bertz CT molecular complexity index is 473. The fourth-order valence-electron chi connectivity index (χ4n) is 2.89. The Morgan fingerprint density at radius 2 is 2.10 bits per heavy atom. The van der Waals surface area contributed by atoms with Gasteiger partial charge in [0.05, 0.1) is 0 Å². The number of aromatic nitrogens is 1. The van der Waals surface area contributed by atoms with E-state index in [-0.39, 0.29) is 0 Å². The molecule has 2 atom stereocenters. The second-order valence-electron chi connectivity index (χ2n) is 6.48. The summed E-state index contributed by atoms with van der Waals surface area (Å²) in [5.74, 6) is 2.76. The molecule has 0 aromatic carbocycles. The van der Waals surface area contributed by atoms with Crippen molar-refractivity contribution in [1.82, 2.24) is 10.3 Å². The highest BCUT2D eigenvalue weighted by Gasteiger charge is 2.26. The topological polar surface area (TPSA) is 28.2 Å². The molecule has 4 heteroatoms. The molecule has 1 saturated carbocycles. The van der Waals surface area contributed by atoms with E-state index in [0.717, 1.165) is 42.0 Å². The SMILES string of the molecule is CC1CCN(c2ncc(Br)cc2CNC2CC2)CC1C. The maximum atomic E-state index is 4.70. The Morgan fingerprint density at radius 3 is 2.80 bits per heavy atom. The molecule has 3 rings (SSSR count). The third kappa shape index (κ3) is 3.34. The van der Waals surface area contributed by atoms with Crippen molar-refractivity contribution in [3.63, 3.8) is 0 Å². The van der Waals surface area contributed by atoms with Crippen LogP contribution in [0.4, 0.5) is 5.82 Å². The first-order chi connectivity index (χ1) is 9.63. The molecular weight excluding hydrogens is 314 g/mol. The molecule has 20 heavy (non-hydrogen) atoms. The van der Waals surface area contributed by atoms with E-state index in [1.165, 1.54) is 30.6 Å². The van der Waals surface area contributed by atoms with Crippen LogP contribution >= 0.6 is 15.9 Å². The van der Waals surface area contributed by atoms with Crippen LogP contribution in [0.15, 0.2) is 16.7 Å². The van der Waals surface area contributed by atoms with E-state index in [1.807, 2.05) is 6.20 Å². The first-order valence-electron chi connectivity index (χ1n) is 7.76. The fraction of sp³-hybridized carbons (Fsp3) is 0.688. The molecule has 1 N–H and O–H groups in total. The van der Waals surface area contributed by atoms with E-state index < -0.39 is 0 Å². The van der Waals surface area contributed by atoms with E-state index in [2.05, 4.69) is 46.1 Å². The quantitative estimate of drug-likeness (QED) is 0.910. The molecule has 2 fully saturated rings. The van der Waals surface area contributed by atoms with Gasteiger partial charge in [-0.2, -0.15) is 0 Å². The van der Waals surface area contributed by atoms with Crippen molar-refractivity contribution in [2.24, 2.45) is 11.8 Å². The van der Waals surface area contributed by atoms with Crippen LogP contribution in [-0.4, -0.2) is 24.1 Å². The minimum Gasteiger partial charge on any atom is -0.356 e. The third-order valence-corrected chi connectivity index (χ3v) is 5.14. The number of piperidine rings is 1. The predicted octanol–water partition coefficient (Wildman–Crippen LogP) is 3.58. The van der Waals surface area contributed by atoms with Gasteiger partial charge < -0.3 is 10.2 Å². The maximum absolute atomic E-state index is 4.70. The summed E-state index contributed by atoms with van der Waals surface area (Å²) < 4.78 is 1.08. The maximum Gasteiger partial charge on any atom is 0.133 e. The van der Waals surface area contributed by atoms with Gasteiger partial charge in [0.25, 0.3) is 0 Å². The monoisotopic (exact) mass is 337 g/mol.